The molecular formula is C16H15ClFNOS. The minimum Gasteiger partial charge on any atom is -0.324 e. The molecule has 2 nitrogen and oxygen atoms in total. The van der Waals surface area contributed by atoms with Crippen LogP contribution in [-0.4, -0.2) is 11.7 Å². The van der Waals surface area contributed by atoms with Crippen LogP contribution in [0.1, 0.15) is 11.1 Å². The van der Waals surface area contributed by atoms with Crippen LogP contribution >= 0.6 is 23.4 Å². The smallest absolute Gasteiger partial charge is 0.234 e. The lowest BCUT2D eigenvalue weighted by atomic mass is 10.2. The Balaban J connectivity index is 1.97. The van der Waals surface area contributed by atoms with Crippen molar-refractivity contribution in [3.8, 4) is 0 Å². The van der Waals surface area contributed by atoms with E-state index in [2.05, 4.69) is 11.4 Å². The molecule has 1 N–H and O–H groups in total. The summed E-state index contributed by atoms with van der Waals surface area (Å²) in [6.07, 6.45) is 0. The number of benzene rings is 2. The van der Waals surface area contributed by atoms with Gasteiger partial charge in [-0.05, 0) is 43.7 Å². The minimum absolute atomic E-state index is 0.172. The van der Waals surface area contributed by atoms with E-state index in [0.717, 1.165) is 16.0 Å². The number of carbonyl (C=O) groups is 1. The van der Waals surface area contributed by atoms with Gasteiger partial charge in [-0.1, -0.05) is 29.3 Å². The molecule has 2 aromatic carbocycles. The van der Waals surface area contributed by atoms with Gasteiger partial charge in [-0.2, -0.15) is 0 Å². The van der Waals surface area contributed by atoms with Gasteiger partial charge in [0.15, 0.2) is 0 Å². The average molecular weight is 324 g/mol. The lowest BCUT2D eigenvalue weighted by molar-refractivity contribution is -0.113. The van der Waals surface area contributed by atoms with Crippen LogP contribution in [0.15, 0.2) is 41.3 Å². The van der Waals surface area contributed by atoms with Crippen molar-refractivity contribution < 1.29 is 9.18 Å². The van der Waals surface area contributed by atoms with Crippen molar-refractivity contribution in [3.63, 3.8) is 0 Å². The summed E-state index contributed by atoms with van der Waals surface area (Å²) >= 11 is 7.34. The quantitative estimate of drug-likeness (QED) is 0.817. The molecule has 0 aromatic heterocycles. The van der Waals surface area contributed by atoms with E-state index in [9.17, 15) is 9.18 Å². The fourth-order valence-electron chi connectivity index (χ4n) is 1.78. The summed E-state index contributed by atoms with van der Waals surface area (Å²) in [5.74, 6) is -0.324. The summed E-state index contributed by atoms with van der Waals surface area (Å²) in [5.41, 5.74) is 2.72. The fourth-order valence-corrected chi connectivity index (χ4v) is 2.92. The highest BCUT2D eigenvalue weighted by Gasteiger charge is 2.08. The molecule has 0 radical (unpaired) electrons. The van der Waals surface area contributed by atoms with E-state index in [1.54, 1.807) is 0 Å². The predicted octanol–water partition coefficient (Wildman–Crippen LogP) is 4.83. The highest BCUT2D eigenvalue weighted by atomic mass is 35.5. The van der Waals surface area contributed by atoms with E-state index >= 15 is 0 Å². The lowest BCUT2D eigenvalue weighted by Crippen LogP contribution is -2.14. The zero-order chi connectivity index (χ0) is 15.4. The van der Waals surface area contributed by atoms with Gasteiger partial charge in [0.1, 0.15) is 5.82 Å². The predicted molar refractivity (Wildman–Crippen MR) is 86.7 cm³/mol. The van der Waals surface area contributed by atoms with Gasteiger partial charge in [-0.25, -0.2) is 4.39 Å². The van der Waals surface area contributed by atoms with Crippen LogP contribution in [0.3, 0.4) is 0 Å². The van der Waals surface area contributed by atoms with Crippen LogP contribution < -0.4 is 5.32 Å². The molecule has 2 rings (SSSR count). The van der Waals surface area contributed by atoms with Gasteiger partial charge in [0.25, 0.3) is 0 Å². The molecule has 110 valence electrons. The Morgan fingerprint density at radius 3 is 2.71 bits per heavy atom. The van der Waals surface area contributed by atoms with Crippen molar-refractivity contribution in [1.29, 1.82) is 0 Å². The number of carbonyl (C=O) groups excluding carboxylic acids is 1. The number of nitrogens with one attached hydrogen (secondary N) is 1. The van der Waals surface area contributed by atoms with Gasteiger partial charge >= 0.3 is 0 Å². The Labute approximate surface area is 132 Å². The number of anilines is 1. The maximum absolute atomic E-state index is 12.9. The molecule has 0 bridgehead atoms. The fraction of sp³-hybridized carbons (Fsp3) is 0.188. The first kappa shape index (κ1) is 15.9. The van der Waals surface area contributed by atoms with Crippen LogP contribution in [0, 0.1) is 19.7 Å². The highest BCUT2D eigenvalue weighted by Crippen LogP contribution is 2.25. The van der Waals surface area contributed by atoms with E-state index in [0.29, 0.717) is 5.69 Å². The number of rotatable bonds is 4. The van der Waals surface area contributed by atoms with Crippen LogP contribution in [0.25, 0.3) is 0 Å². The molecule has 5 heteroatoms. The Morgan fingerprint density at radius 1 is 1.24 bits per heavy atom. The number of halogens is 2. The SMILES string of the molecule is Cc1ccc(C)c(SCC(=O)Nc2ccc(F)cc2Cl)c1. The number of aryl methyl sites for hydroxylation is 2. The lowest BCUT2D eigenvalue weighted by Gasteiger charge is -2.09. The minimum atomic E-state index is -0.428. The molecule has 0 heterocycles. The maximum atomic E-state index is 12.9. The molecule has 0 aliphatic carbocycles. The second-order valence-electron chi connectivity index (χ2n) is 4.73. The van der Waals surface area contributed by atoms with Crippen LogP contribution in [0.5, 0.6) is 0 Å². The molecule has 0 aliphatic rings. The standard InChI is InChI=1S/C16H15ClFNOS/c1-10-3-4-11(2)15(7-10)21-9-16(20)19-14-6-5-12(18)8-13(14)17/h3-8H,9H2,1-2H3,(H,19,20). The number of hydrogen-bond donors (Lipinski definition) is 1. The van der Waals surface area contributed by atoms with Crippen molar-refractivity contribution >= 4 is 35.0 Å². The first-order valence-corrected chi connectivity index (χ1v) is 7.77. The van der Waals surface area contributed by atoms with Crippen molar-refractivity contribution in [3.05, 3.63) is 58.4 Å². The van der Waals surface area contributed by atoms with Crippen molar-refractivity contribution in [1.82, 2.24) is 0 Å². The number of thioether (sulfide) groups is 1. The molecule has 0 atom stereocenters. The molecule has 1 amide bonds. The van der Waals surface area contributed by atoms with E-state index in [1.807, 2.05) is 26.0 Å². The summed E-state index contributed by atoms with van der Waals surface area (Å²) in [7, 11) is 0. The van der Waals surface area contributed by atoms with Gasteiger partial charge in [-0.15, -0.1) is 11.8 Å². The Bertz CT molecular complexity index is 675. The summed E-state index contributed by atoms with van der Waals surface area (Å²) < 4.78 is 12.9. The maximum Gasteiger partial charge on any atom is 0.234 e. The second-order valence-corrected chi connectivity index (χ2v) is 6.15. The van der Waals surface area contributed by atoms with E-state index in [4.69, 9.17) is 11.6 Å². The summed E-state index contributed by atoms with van der Waals surface area (Å²) in [6, 6.07) is 10.0. The van der Waals surface area contributed by atoms with Crippen LogP contribution in [0.2, 0.25) is 5.02 Å². The molecule has 0 spiro atoms. The molecule has 0 unspecified atom stereocenters. The van der Waals surface area contributed by atoms with Crippen LogP contribution in [-0.2, 0) is 4.79 Å². The third-order valence-corrected chi connectivity index (χ3v) is 4.38. The van der Waals surface area contributed by atoms with Gasteiger partial charge in [-0.3, -0.25) is 4.79 Å². The van der Waals surface area contributed by atoms with Crippen molar-refractivity contribution in [2.75, 3.05) is 11.1 Å². The number of hydrogen-bond acceptors (Lipinski definition) is 2. The molecular weight excluding hydrogens is 309 g/mol. The van der Waals surface area contributed by atoms with Crippen LogP contribution in [0.4, 0.5) is 10.1 Å². The average Bonchev–Trinajstić information content (AvgIpc) is 2.43. The monoisotopic (exact) mass is 323 g/mol. The summed E-state index contributed by atoms with van der Waals surface area (Å²) in [6.45, 7) is 4.03. The van der Waals surface area contributed by atoms with E-state index < -0.39 is 5.82 Å². The molecule has 0 fully saturated rings. The van der Waals surface area contributed by atoms with Crippen molar-refractivity contribution in [2.24, 2.45) is 0 Å². The summed E-state index contributed by atoms with van der Waals surface area (Å²) in [4.78, 5) is 13.0. The highest BCUT2D eigenvalue weighted by molar-refractivity contribution is 8.00. The topological polar surface area (TPSA) is 29.1 Å². The largest absolute Gasteiger partial charge is 0.324 e. The zero-order valence-electron chi connectivity index (χ0n) is 11.7. The first-order chi connectivity index (χ1) is 9.95. The van der Waals surface area contributed by atoms with E-state index in [-0.39, 0.29) is 16.7 Å². The number of amides is 1. The summed E-state index contributed by atoms with van der Waals surface area (Å²) in [5, 5.41) is 2.88. The molecule has 0 saturated heterocycles. The third-order valence-electron chi connectivity index (χ3n) is 2.91. The Morgan fingerprint density at radius 2 is 2.00 bits per heavy atom. The zero-order valence-corrected chi connectivity index (χ0v) is 13.3. The van der Waals surface area contributed by atoms with Gasteiger partial charge in [0.05, 0.1) is 16.5 Å². The molecule has 0 aliphatic heterocycles. The van der Waals surface area contributed by atoms with Gasteiger partial charge in [0, 0.05) is 4.90 Å². The normalized spacial score (nSPS) is 10.5. The third kappa shape index (κ3) is 4.48. The van der Waals surface area contributed by atoms with Gasteiger partial charge < -0.3 is 5.32 Å². The molecule has 0 saturated carbocycles. The van der Waals surface area contributed by atoms with Gasteiger partial charge in [0.2, 0.25) is 5.91 Å². The Kier molecular flexibility index (Phi) is 5.26. The Hall–Kier alpha value is -1.52. The second kappa shape index (κ2) is 6.96. The van der Waals surface area contributed by atoms with E-state index in [1.165, 1.54) is 30.0 Å². The molecule has 2 aromatic rings. The first-order valence-electron chi connectivity index (χ1n) is 6.40. The van der Waals surface area contributed by atoms with Crippen molar-refractivity contribution in [2.45, 2.75) is 18.7 Å². The molecule has 21 heavy (non-hydrogen) atoms.